The summed E-state index contributed by atoms with van der Waals surface area (Å²) in [4.78, 5) is 46.7. The second-order valence-corrected chi connectivity index (χ2v) is 12.1. The number of carbonyl (C=O) groups is 3. The van der Waals surface area contributed by atoms with Gasteiger partial charge in [-0.05, 0) is 81.2 Å². The van der Waals surface area contributed by atoms with Crippen LogP contribution in [0.3, 0.4) is 0 Å². The standard InChI is InChI=1S/C36H29BrN2O6/c1-43-22-13-15-28(44-2)24(19-22)33(41)30-31(32(40)21-12-14-29(45-3)26(37)18-21)39-17-16-20-8-4-5-9-23(20)34(39)36(30)25-10-6-7-11-27(25)38-35(36)42/h4-19,30-31,34H,1-3H3,(H,38,42)/t30-,31+,34+,36+/m0/s1. The molecule has 0 aromatic heterocycles. The number of hydrogen-bond donors (Lipinski definition) is 1. The van der Waals surface area contributed by atoms with Gasteiger partial charge in [0.15, 0.2) is 11.6 Å². The number of hydrogen-bond acceptors (Lipinski definition) is 7. The molecule has 4 atom stereocenters. The second kappa shape index (κ2) is 10.9. The minimum atomic E-state index is -1.47. The molecule has 0 aliphatic carbocycles. The Balaban J connectivity index is 1.54. The highest BCUT2D eigenvalue weighted by molar-refractivity contribution is 9.10. The fourth-order valence-corrected chi connectivity index (χ4v) is 7.87. The molecule has 1 fully saturated rings. The molecule has 226 valence electrons. The number of amides is 1. The number of halogens is 1. The van der Waals surface area contributed by atoms with Gasteiger partial charge in [-0.25, -0.2) is 0 Å². The average molecular weight is 666 g/mol. The summed E-state index contributed by atoms with van der Waals surface area (Å²) in [7, 11) is 4.55. The van der Waals surface area contributed by atoms with Crippen LogP contribution in [-0.2, 0) is 10.2 Å². The van der Waals surface area contributed by atoms with Gasteiger partial charge in [-0.1, -0.05) is 42.5 Å². The first-order valence-corrected chi connectivity index (χ1v) is 15.2. The summed E-state index contributed by atoms with van der Waals surface area (Å²) in [5, 5.41) is 3.07. The topological polar surface area (TPSA) is 94.2 Å². The number of methoxy groups -OCH3 is 3. The first-order valence-electron chi connectivity index (χ1n) is 14.4. The van der Waals surface area contributed by atoms with Crippen LogP contribution < -0.4 is 19.5 Å². The molecule has 3 heterocycles. The van der Waals surface area contributed by atoms with Gasteiger partial charge in [0.05, 0.1) is 43.3 Å². The summed E-state index contributed by atoms with van der Waals surface area (Å²) in [6.07, 6.45) is 3.78. The van der Waals surface area contributed by atoms with Crippen LogP contribution in [0.5, 0.6) is 17.2 Å². The van der Waals surface area contributed by atoms with Crippen LogP contribution in [0, 0.1) is 5.92 Å². The molecule has 1 N–H and O–H groups in total. The molecule has 3 aliphatic rings. The molecule has 1 amide bonds. The zero-order valence-electron chi connectivity index (χ0n) is 24.7. The molecule has 3 aliphatic heterocycles. The Morgan fingerprint density at radius 2 is 1.58 bits per heavy atom. The van der Waals surface area contributed by atoms with Gasteiger partial charge < -0.3 is 24.4 Å². The van der Waals surface area contributed by atoms with Crippen molar-refractivity contribution in [3.63, 3.8) is 0 Å². The van der Waals surface area contributed by atoms with E-state index in [-0.39, 0.29) is 17.3 Å². The average Bonchev–Trinajstić information content (AvgIpc) is 3.55. The molecule has 0 radical (unpaired) electrons. The van der Waals surface area contributed by atoms with E-state index < -0.39 is 29.2 Å². The lowest BCUT2D eigenvalue weighted by Crippen LogP contribution is -2.49. The minimum Gasteiger partial charge on any atom is -0.497 e. The van der Waals surface area contributed by atoms with E-state index >= 15 is 4.79 Å². The highest BCUT2D eigenvalue weighted by atomic mass is 79.9. The van der Waals surface area contributed by atoms with E-state index in [0.29, 0.717) is 38.5 Å². The third-order valence-corrected chi connectivity index (χ3v) is 9.85. The molecule has 1 spiro atoms. The van der Waals surface area contributed by atoms with E-state index in [1.807, 2.05) is 65.7 Å². The van der Waals surface area contributed by atoms with Gasteiger partial charge in [-0.3, -0.25) is 14.4 Å². The number of anilines is 1. The van der Waals surface area contributed by atoms with E-state index in [9.17, 15) is 9.59 Å². The summed E-state index contributed by atoms with van der Waals surface area (Å²) >= 11 is 3.51. The number of carbonyl (C=O) groups excluding carboxylic acids is 3. The van der Waals surface area contributed by atoms with Crippen LogP contribution in [0.2, 0.25) is 0 Å². The highest BCUT2D eigenvalue weighted by Crippen LogP contribution is 2.62. The number of nitrogens with zero attached hydrogens (tertiary/aromatic N) is 1. The maximum Gasteiger partial charge on any atom is 0.238 e. The molecule has 4 aromatic rings. The third kappa shape index (κ3) is 4.14. The number of benzene rings is 4. The number of Topliss-reactive ketones (excluding diaryl/α,β-unsaturated/α-hetero) is 2. The number of ether oxygens (including phenoxy) is 3. The van der Waals surface area contributed by atoms with E-state index in [1.54, 1.807) is 43.5 Å². The van der Waals surface area contributed by atoms with Crippen LogP contribution in [0.15, 0.2) is 95.6 Å². The predicted octanol–water partition coefficient (Wildman–Crippen LogP) is 6.46. The van der Waals surface area contributed by atoms with E-state index in [4.69, 9.17) is 14.2 Å². The summed E-state index contributed by atoms with van der Waals surface area (Å²) < 4.78 is 17.2. The van der Waals surface area contributed by atoms with Crippen LogP contribution >= 0.6 is 15.9 Å². The molecular weight excluding hydrogens is 636 g/mol. The Morgan fingerprint density at radius 1 is 0.844 bits per heavy atom. The predicted molar refractivity (Wildman–Crippen MR) is 173 cm³/mol. The smallest absolute Gasteiger partial charge is 0.238 e. The number of para-hydroxylation sites is 1. The molecule has 9 heteroatoms. The van der Waals surface area contributed by atoms with Crippen LogP contribution in [0.1, 0.15) is 43.4 Å². The first kappa shape index (κ1) is 28.9. The monoisotopic (exact) mass is 664 g/mol. The van der Waals surface area contributed by atoms with Gasteiger partial charge in [0.2, 0.25) is 5.91 Å². The molecule has 0 saturated carbocycles. The van der Waals surface area contributed by atoms with E-state index in [0.717, 1.165) is 11.1 Å². The molecule has 4 aromatic carbocycles. The summed E-state index contributed by atoms with van der Waals surface area (Å²) in [5.41, 5.74) is 2.19. The van der Waals surface area contributed by atoms with Crippen molar-refractivity contribution in [2.24, 2.45) is 5.92 Å². The summed E-state index contributed by atoms with van der Waals surface area (Å²) in [5.74, 6) is -0.858. The Kier molecular flexibility index (Phi) is 7.00. The van der Waals surface area contributed by atoms with E-state index in [2.05, 4.69) is 21.2 Å². The quantitative estimate of drug-likeness (QED) is 0.227. The van der Waals surface area contributed by atoms with Crippen molar-refractivity contribution in [1.82, 2.24) is 4.90 Å². The van der Waals surface area contributed by atoms with Crippen molar-refractivity contribution in [2.75, 3.05) is 26.6 Å². The number of rotatable bonds is 7. The van der Waals surface area contributed by atoms with Crippen molar-refractivity contribution < 1.29 is 28.6 Å². The van der Waals surface area contributed by atoms with Crippen molar-refractivity contribution in [2.45, 2.75) is 17.5 Å². The van der Waals surface area contributed by atoms with Gasteiger partial charge in [0.1, 0.15) is 28.7 Å². The van der Waals surface area contributed by atoms with Crippen molar-refractivity contribution in [3.05, 3.63) is 123 Å². The van der Waals surface area contributed by atoms with Crippen molar-refractivity contribution in [3.8, 4) is 17.2 Å². The minimum absolute atomic E-state index is 0.226. The van der Waals surface area contributed by atoms with Gasteiger partial charge in [0.25, 0.3) is 0 Å². The Labute approximate surface area is 268 Å². The summed E-state index contributed by atoms with van der Waals surface area (Å²) in [6, 6.07) is 23.6. The third-order valence-electron chi connectivity index (χ3n) is 9.23. The molecule has 7 rings (SSSR count). The van der Waals surface area contributed by atoms with Crippen molar-refractivity contribution in [1.29, 1.82) is 0 Å². The lowest BCUT2D eigenvalue weighted by Gasteiger charge is -2.38. The Hall–Kier alpha value is -4.89. The lowest BCUT2D eigenvalue weighted by atomic mass is 9.62. The van der Waals surface area contributed by atoms with Crippen LogP contribution in [0.25, 0.3) is 6.08 Å². The van der Waals surface area contributed by atoms with Gasteiger partial charge in [-0.15, -0.1) is 0 Å². The fraction of sp³-hybridized carbons (Fsp3) is 0.194. The van der Waals surface area contributed by atoms with Crippen LogP contribution in [0.4, 0.5) is 5.69 Å². The highest BCUT2D eigenvalue weighted by Gasteiger charge is 2.71. The number of fused-ring (bicyclic) bond motifs is 6. The largest absolute Gasteiger partial charge is 0.497 e. The van der Waals surface area contributed by atoms with Gasteiger partial charge in [0, 0.05) is 17.5 Å². The molecular formula is C36H29BrN2O6. The van der Waals surface area contributed by atoms with Gasteiger partial charge >= 0.3 is 0 Å². The Morgan fingerprint density at radius 3 is 2.33 bits per heavy atom. The normalized spacial score (nSPS) is 22.4. The second-order valence-electron chi connectivity index (χ2n) is 11.2. The van der Waals surface area contributed by atoms with Crippen LogP contribution in [-0.4, -0.2) is 49.7 Å². The fourth-order valence-electron chi connectivity index (χ4n) is 7.33. The number of nitrogens with one attached hydrogen (secondary N) is 1. The molecule has 0 bridgehead atoms. The first-order chi connectivity index (χ1) is 21.8. The van der Waals surface area contributed by atoms with E-state index in [1.165, 1.54) is 14.2 Å². The maximum absolute atomic E-state index is 15.2. The van der Waals surface area contributed by atoms with Gasteiger partial charge in [-0.2, -0.15) is 0 Å². The summed E-state index contributed by atoms with van der Waals surface area (Å²) in [6.45, 7) is 0. The molecule has 1 saturated heterocycles. The maximum atomic E-state index is 15.2. The zero-order chi connectivity index (χ0) is 31.5. The molecule has 8 nitrogen and oxygen atoms in total. The lowest BCUT2D eigenvalue weighted by molar-refractivity contribution is -0.122. The molecule has 45 heavy (non-hydrogen) atoms. The molecule has 0 unspecified atom stereocenters. The zero-order valence-corrected chi connectivity index (χ0v) is 26.3. The number of ketones is 2. The van der Waals surface area contributed by atoms with Crippen molar-refractivity contribution >= 4 is 45.2 Å². The SMILES string of the molecule is COc1ccc(OC)c(C(=O)[C@@H]2[C@H](C(=O)c3ccc(OC)c(Br)c3)N3C=Cc4ccccc4[C@@H]3[C@]23C(=O)Nc2ccccc23)c1. The Bertz CT molecular complexity index is 1920.